The third-order valence-corrected chi connectivity index (χ3v) is 5.56. The molecule has 6 nitrogen and oxygen atoms in total. The van der Waals surface area contributed by atoms with Crippen molar-refractivity contribution in [3.63, 3.8) is 0 Å². The van der Waals surface area contributed by atoms with Crippen LogP contribution in [0.5, 0.6) is 5.75 Å². The third kappa shape index (κ3) is 4.39. The predicted molar refractivity (Wildman–Crippen MR) is 123 cm³/mol. The maximum Gasteiger partial charge on any atom is 0.295 e. The van der Waals surface area contributed by atoms with Crippen LogP contribution in [0.4, 0.5) is 5.69 Å². The van der Waals surface area contributed by atoms with Crippen LogP contribution in [0.2, 0.25) is 5.02 Å². The Labute approximate surface area is 187 Å². The number of aliphatic hydroxyl groups is 1. The highest BCUT2D eigenvalue weighted by Gasteiger charge is 2.45. The highest BCUT2D eigenvalue weighted by atomic mass is 35.5. The number of ether oxygens (including phenoxy) is 1. The van der Waals surface area contributed by atoms with E-state index in [0.717, 1.165) is 11.3 Å². The Hall–Kier alpha value is -2.99. The molecule has 1 saturated heterocycles. The fourth-order valence-electron chi connectivity index (χ4n) is 3.74. The maximum atomic E-state index is 13.0. The summed E-state index contributed by atoms with van der Waals surface area (Å²) < 4.78 is 5.51. The van der Waals surface area contributed by atoms with Gasteiger partial charge in [0.25, 0.3) is 11.7 Å². The lowest BCUT2D eigenvalue weighted by atomic mass is 9.95. The number of likely N-dealkylation sites (tertiary alicyclic amines) is 1. The molecule has 1 fully saturated rings. The predicted octanol–water partition coefficient (Wildman–Crippen LogP) is 4.64. The number of halogens is 1. The Kier molecular flexibility index (Phi) is 6.91. The number of carbonyl (C=O) groups is 2. The van der Waals surface area contributed by atoms with Crippen molar-refractivity contribution in [2.24, 2.45) is 0 Å². The Balaban J connectivity index is 2.18. The summed E-state index contributed by atoms with van der Waals surface area (Å²) >= 11 is 6.34. The number of nitrogens with zero attached hydrogens (tertiary/aromatic N) is 2. The minimum absolute atomic E-state index is 0.0339. The van der Waals surface area contributed by atoms with Gasteiger partial charge < -0.3 is 19.6 Å². The van der Waals surface area contributed by atoms with E-state index in [9.17, 15) is 14.7 Å². The van der Waals surface area contributed by atoms with Gasteiger partial charge in [-0.3, -0.25) is 9.59 Å². The lowest BCUT2D eigenvalue weighted by Crippen LogP contribution is -2.30. The van der Waals surface area contributed by atoms with E-state index < -0.39 is 17.7 Å². The molecule has 31 heavy (non-hydrogen) atoms. The van der Waals surface area contributed by atoms with E-state index in [2.05, 4.69) is 0 Å². The molecule has 1 atom stereocenters. The summed E-state index contributed by atoms with van der Waals surface area (Å²) in [5.41, 5.74) is 2.03. The molecule has 7 heteroatoms. The second-order valence-electron chi connectivity index (χ2n) is 7.55. The summed E-state index contributed by atoms with van der Waals surface area (Å²) in [5, 5.41) is 11.4. The Morgan fingerprint density at radius 1 is 1.13 bits per heavy atom. The number of hydrogen-bond donors (Lipinski definition) is 1. The van der Waals surface area contributed by atoms with Crippen LogP contribution in [0.3, 0.4) is 0 Å². The van der Waals surface area contributed by atoms with Gasteiger partial charge in [0.1, 0.15) is 11.5 Å². The number of hydrogen-bond acceptors (Lipinski definition) is 5. The van der Waals surface area contributed by atoms with Crippen molar-refractivity contribution < 1.29 is 19.4 Å². The van der Waals surface area contributed by atoms with E-state index in [0.29, 0.717) is 25.3 Å². The fourth-order valence-corrected chi connectivity index (χ4v) is 3.95. The van der Waals surface area contributed by atoms with Crippen molar-refractivity contribution in [1.29, 1.82) is 0 Å². The molecule has 0 saturated carbocycles. The number of aliphatic hydroxyl groups excluding tert-OH is 1. The quantitative estimate of drug-likeness (QED) is 0.384. The number of rotatable bonds is 7. The highest BCUT2D eigenvalue weighted by Crippen LogP contribution is 2.41. The van der Waals surface area contributed by atoms with Crippen LogP contribution in [0.25, 0.3) is 5.76 Å². The van der Waals surface area contributed by atoms with E-state index in [1.165, 1.54) is 4.90 Å². The molecule has 2 aromatic rings. The van der Waals surface area contributed by atoms with Crippen molar-refractivity contribution in [3.05, 3.63) is 64.2 Å². The average molecular weight is 443 g/mol. The number of anilines is 1. The molecule has 1 heterocycles. The summed E-state index contributed by atoms with van der Waals surface area (Å²) in [6.07, 6.45) is 0.680. The second-order valence-corrected chi connectivity index (χ2v) is 7.96. The number of amides is 1. The molecule has 0 spiro atoms. The first kappa shape index (κ1) is 22.7. The first-order valence-corrected chi connectivity index (χ1v) is 10.7. The van der Waals surface area contributed by atoms with E-state index in [-0.39, 0.29) is 21.9 Å². The molecule has 1 aliphatic heterocycles. The number of ketones is 1. The zero-order valence-electron chi connectivity index (χ0n) is 18.2. The smallest absolute Gasteiger partial charge is 0.295 e. The van der Waals surface area contributed by atoms with Gasteiger partial charge in [-0.15, -0.1) is 0 Å². The van der Waals surface area contributed by atoms with Crippen LogP contribution >= 0.6 is 11.6 Å². The molecule has 2 aromatic carbocycles. The van der Waals surface area contributed by atoms with Crippen molar-refractivity contribution in [1.82, 2.24) is 4.90 Å². The van der Waals surface area contributed by atoms with Crippen LogP contribution in [0.1, 0.15) is 37.4 Å². The first-order valence-electron chi connectivity index (χ1n) is 10.3. The van der Waals surface area contributed by atoms with Crippen LogP contribution in [-0.2, 0) is 9.59 Å². The zero-order valence-corrected chi connectivity index (χ0v) is 18.9. The number of Topliss-reactive ketones (excluding diaryl/α,β-unsaturated/α-hetero) is 1. The van der Waals surface area contributed by atoms with E-state index >= 15 is 0 Å². The van der Waals surface area contributed by atoms with Gasteiger partial charge in [-0.25, -0.2) is 0 Å². The zero-order chi connectivity index (χ0) is 22.7. The Bertz CT molecular complexity index is 1010. The molecule has 0 aromatic heterocycles. The molecule has 0 radical (unpaired) electrons. The van der Waals surface area contributed by atoms with E-state index in [1.807, 2.05) is 57.1 Å². The van der Waals surface area contributed by atoms with Gasteiger partial charge in [0.2, 0.25) is 0 Å². The van der Waals surface area contributed by atoms with E-state index in [1.54, 1.807) is 18.2 Å². The van der Waals surface area contributed by atoms with Crippen molar-refractivity contribution >= 4 is 34.7 Å². The molecule has 3 rings (SSSR count). The van der Waals surface area contributed by atoms with Gasteiger partial charge in [-0.05, 0) is 49.2 Å². The average Bonchev–Trinajstić information content (AvgIpc) is 3.00. The minimum atomic E-state index is -0.717. The molecule has 1 aliphatic rings. The minimum Gasteiger partial charge on any atom is -0.507 e. The monoisotopic (exact) mass is 442 g/mol. The van der Waals surface area contributed by atoms with Crippen LogP contribution in [-0.4, -0.2) is 48.9 Å². The Morgan fingerprint density at radius 3 is 2.39 bits per heavy atom. The number of carbonyl (C=O) groups excluding carboxylic acids is 2. The van der Waals surface area contributed by atoms with Gasteiger partial charge in [0.15, 0.2) is 0 Å². The van der Waals surface area contributed by atoms with Gasteiger partial charge in [0, 0.05) is 31.9 Å². The van der Waals surface area contributed by atoms with Gasteiger partial charge >= 0.3 is 0 Å². The van der Waals surface area contributed by atoms with Gasteiger partial charge in [-0.2, -0.15) is 0 Å². The normalized spacial score (nSPS) is 17.8. The fraction of sp³-hybridized carbons (Fsp3) is 0.333. The van der Waals surface area contributed by atoms with Crippen molar-refractivity contribution in [3.8, 4) is 5.75 Å². The molecule has 0 aliphatic carbocycles. The summed E-state index contributed by atoms with van der Waals surface area (Å²) in [7, 11) is 3.87. The molecule has 1 N–H and O–H groups in total. The molecular formula is C24H27ClN2O4. The molecule has 1 unspecified atom stereocenters. The summed E-state index contributed by atoms with van der Waals surface area (Å²) in [4.78, 5) is 29.3. The second kappa shape index (κ2) is 9.43. The van der Waals surface area contributed by atoms with Gasteiger partial charge in [-0.1, -0.05) is 30.7 Å². The van der Waals surface area contributed by atoms with Crippen molar-refractivity contribution in [2.45, 2.75) is 26.3 Å². The molecule has 164 valence electrons. The topological polar surface area (TPSA) is 70.1 Å². The third-order valence-electron chi connectivity index (χ3n) is 5.23. The van der Waals surface area contributed by atoms with Gasteiger partial charge in [0.05, 0.1) is 23.2 Å². The van der Waals surface area contributed by atoms with Crippen LogP contribution < -0.4 is 9.64 Å². The highest BCUT2D eigenvalue weighted by molar-refractivity contribution is 6.47. The summed E-state index contributed by atoms with van der Waals surface area (Å²) in [5.74, 6) is -1.12. The maximum absolute atomic E-state index is 13.0. The number of benzene rings is 2. The lowest BCUT2D eigenvalue weighted by molar-refractivity contribution is -0.139. The lowest BCUT2D eigenvalue weighted by Gasteiger charge is -2.25. The standard InChI is InChI=1S/C24H27ClN2O4/c1-5-13-27-21(15-7-9-16(10-8-15)26(3)4)20(23(29)24(27)30)22(28)18-14-17(31-6-2)11-12-19(18)25/h7-12,14,21,28H,5-6,13H2,1-4H3/b22-20+. The van der Waals surface area contributed by atoms with E-state index in [4.69, 9.17) is 16.3 Å². The summed E-state index contributed by atoms with van der Waals surface area (Å²) in [6.45, 7) is 4.63. The van der Waals surface area contributed by atoms with Crippen LogP contribution in [0, 0.1) is 0 Å². The Morgan fingerprint density at radius 2 is 1.81 bits per heavy atom. The largest absolute Gasteiger partial charge is 0.507 e. The van der Waals surface area contributed by atoms with Crippen molar-refractivity contribution in [2.75, 3.05) is 32.1 Å². The SMILES string of the molecule is CCCN1C(=O)C(=O)/C(=C(/O)c2cc(OCC)ccc2Cl)C1c1ccc(N(C)C)cc1. The first-order chi connectivity index (χ1) is 14.8. The molecule has 0 bridgehead atoms. The van der Waals surface area contributed by atoms with Crippen LogP contribution in [0.15, 0.2) is 48.0 Å². The summed E-state index contributed by atoms with van der Waals surface area (Å²) in [6, 6.07) is 11.8. The molecule has 1 amide bonds. The molecular weight excluding hydrogens is 416 g/mol.